The first-order chi connectivity index (χ1) is 14.8. The lowest BCUT2D eigenvalue weighted by Crippen LogP contribution is -2.40. The summed E-state index contributed by atoms with van der Waals surface area (Å²) in [5.41, 5.74) is 7.97. The number of aromatic amines is 1. The molecule has 6 N–H and O–H groups in total. The topological polar surface area (TPSA) is 158 Å². The number of amides is 2. The van der Waals surface area contributed by atoms with Crippen molar-refractivity contribution in [3.63, 3.8) is 0 Å². The SMILES string of the molecule is NC(=O)c1cc(C(=O)NC(Cc2ccc(-c3ccccc3)cc2)CC(O)C(=O)O)[nH]n1. The van der Waals surface area contributed by atoms with Gasteiger partial charge in [0.15, 0.2) is 11.8 Å². The number of carbonyl (C=O) groups excluding carboxylic acids is 2. The van der Waals surface area contributed by atoms with Gasteiger partial charge in [-0.2, -0.15) is 5.10 Å². The van der Waals surface area contributed by atoms with Crippen molar-refractivity contribution in [2.75, 3.05) is 0 Å². The highest BCUT2D eigenvalue weighted by Crippen LogP contribution is 2.20. The van der Waals surface area contributed by atoms with E-state index in [1.54, 1.807) is 0 Å². The highest BCUT2D eigenvalue weighted by Gasteiger charge is 2.23. The van der Waals surface area contributed by atoms with E-state index in [-0.39, 0.29) is 17.8 Å². The minimum Gasteiger partial charge on any atom is -0.479 e. The zero-order chi connectivity index (χ0) is 22.4. The molecule has 31 heavy (non-hydrogen) atoms. The minimum atomic E-state index is -1.64. The number of carbonyl (C=O) groups is 3. The van der Waals surface area contributed by atoms with Crippen LogP contribution in [0.3, 0.4) is 0 Å². The Bertz CT molecular complexity index is 1060. The van der Waals surface area contributed by atoms with Crippen LogP contribution in [0.4, 0.5) is 0 Å². The summed E-state index contributed by atoms with van der Waals surface area (Å²) < 4.78 is 0. The summed E-state index contributed by atoms with van der Waals surface area (Å²) in [7, 11) is 0. The Kier molecular flexibility index (Phi) is 6.78. The number of rotatable bonds is 9. The van der Waals surface area contributed by atoms with Gasteiger partial charge in [0, 0.05) is 18.5 Å². The number of hydrogen-bond donors (Lipinski definition) is 5. The molecule has 0 spiro atoms. The van der Waals surface area contributed by atoms with Crippen LogP contribution in [0.5, 0.6) is 0 Å². The van der Waals surface area contributed by atoms with Crippen molar-refractivity contribution in [2.45, 2.75) is 25.0 Å². The molecule has 0 aliphatic rings. The van der Waals surface area contributed by atoms with Crippen LogP contribution >= 0.6 is 0 Å². The van der Waals surface area contributed by atoms with E-state index in [4.69, 9.17) is 10.8 Å². The summed E-state index contributed by atoms with van der Waals surface area (Å²) in [5, 5.41) is 27.6. The van der Waals surface area contributed by atoms with Crippen LogP contribution in [0.15, 0.2) is 60.7 Å². The second kappa shape index (κ2) is 9.68. The highest BCUT2D eigenvalue weighted by atomic mass is 16.4. The lowest BCUT2D eigenvalue weighted by molar-refractivity contribution is -0.147. The van der Waals surface area contributed by atoms with E-state index >= 15 is 0 Å². The van der Waals surface area contributed by atoms with Gasteiger partial charge in [-0.05, 0) is 23.1 Å². The molecular formula is C22H22N4O5. The minimum absolute atomic E-state index is 0.00282. The molecule has 0 radical (unpaired) electrons. The molecule has 2 aromatic carbocycles. The molecule has 2 unspecified atom stereocenters. The van der Waals surface area contributed by atoms with Gasteiger partial charge in [0.05, 0.1) is 0 Å². The molecule has 0 fully saturated rings. The van der Waals surface area contributed by atoms with Gasteiger partial charge in [-0.3, -0.25) is 14.7 Å². The normalized spacial score (nSPS) is 12.7. The number of carboxylic acids is 1. The summed E-state index contributed by atoms with van der Waals surface area (Å²) in [6.07, 6.45) is -1.54. The van der Waals surface area contributed by atoms with E-state index < -0.39 is 29.9 Å². The van der Waals surface area contributed by atoms with Crippen molar-refractivity contribution in [2.24, 2.45) is 5.73 Å². The summed E-state index contributed by atoms with van der Waals surface area (Å²) in [6, 6.07) is 18.0. The number of hydrogen-bond acceptors (Lipinski definition) is 5. The van der Waals surface area contributed by atoms with Crippen LogP contribution in [0, 0.1) is 0 Å². The Morgan fingerprint density at radius 2 is 1.68 bits per heavy atom. The maximum Gasteiger partial charge on any atom is 0.332 e. The number of nitrogens with zero attached hydrogens (tertiary/aromatic N) is 1. The van der Waals surface area contributed by atoms with Crippen LogP contribution in [-0.2, 0) is 11.2 Å². The predicted octanol–water partition coefficient (Wildman–Crippen LogP) is 1.35. The lowest BCUT2D eigenvalue weighted by Gasteiger charge is -2.20. The third kappa shape index (κ3) is 5.77. The first kappa shape index (κ1) is 21.7. The zero-order valence-electron chi connectivity index (χ0n) is 16.5. The average molecular weight is 422 g/mol. The van der Waals surface area contributed by atoms with Crippen LogP contribution in [-0.4, -0.2) is 50.3 Å². The Labute approximate surface area is 177 Å². The van der Waals surface area contributed by atoms with Gasteiger partial charge in [0.2, 0.25) is 0 Å². The smallest absolute Gasteiger partial charge is 0.332 e. The number of benzene rings is 2. The molecule has 9 heteroatoms. The van der Waals surface area contributed by atoms with Crippen molar-refractivity contribution in [1.29, 1.82) is 0 Å². The standard InChI is InChI=1S/C22H22N4O5/c23-20(28)17-12-18(26-25-17)21(29)24-16(11-19(27)22(30)31)10-13-6-8-15(9-7-13)14-4-2-1-3-5-14/h1-9,12,16,19,27H,10-11H2,(H2,23,28)(H,24,29)(H,25,26)(H,30,31). The third-order valence-corrected chi connectivity index (χ3v) is 4.75. The van der Waals surface area contributed by atoms with Gasteiger partial charge in [-0.25, -0.2) is 4.79 Å². The van der Waals surface area contributed by atoms with Crippen molar-refractivity contribution in [3.8, 4) is 11.1 Å². The fourth-order valence-electron chi connectivity index (χ4n) is 3.14. The van der Waals surface area contributed by atoms with Gasteiger partial charge < -0.3 is 21.3 Å². The van der Waals surface area contributed by atoms with Crippen molar-refractivity contribution >= 4 is 17.8 Å². The number of primary amides is 1. The number of aliphatic hydroxyl groups excluding tert-OH is 1. The van der Waals surface area contributed by atoms with E-state index in [9.17, 15) is 19.5 Å². The average Bonchev–Trinajstić information content (AvgIpc) is 3.25. The molecule has 0 saturated heterocycles. The molecule has 0 saturated carbocycles. The van der Waals surface area contributed by atoms with Crippen molar-refractivity contribution in [1.82, 2.24) is 15.5 Å². The first-order valence-corrected chi connectivity index (χ1v) is 9.55. The Morgan fingerprint density at radius 3 is 2.26 bits per heavy atom. The largest absolute Gasteiger partial charge is 0.479 e. The summed E-state index contributed by atoms with van der Waals surface area (Å²) in [6.45, 7) is 0. The number of H-pyrrole nitrogens is 1. The summed E-state index contributed by atoms with van der Waals surface area (Å²) >= 11 is 0. The number of nitrogens with two attached hydrogens (primary N) is 1. The first-order valence-electron chi connectivity index (χ1n) is 9.55. The quantitative estimate of drug-likeness (QED) is 0.350. The highest BCUT2D eigenvalue weighted by molar-refractivity contribution is 5.97. The van der Waals surface area contributed by atoms with Crippen LogP contribution < -0.4 is 11.1 Å². The maximum absolute atomic E-state index is 12.5. The Hall–Kier alpha value is -3.98. The Morgan fingerprint density at radius 1 is 1.03 bits per heavy atom. The Balaban J connectivity index is 1.74. The number of carboxylic acid groups (broad SMARTS) is 1. The molecule has 2 atom stereocenters. The molecule has 2 amide bonds. The number of nitrogens with one attached hydrogen (secondary N) is 2. The van der Waals surface area contributed by atoms with Crippen LogP contribution in [0.2, 0.25) is 0 Å². The predicted molar refractivity (Wildman–Crippen MR) is 112 cm³/mol. The second-order valence-corrected chi connectivity index (χ2v) is 7.06. The number of aliphatic hydroxyl groups is 1. The fourth-order valence-corrected chi connectivity index (χ4v) is 3.14. The maximum atomic E-state index is 12.5. The van der Waals surface area contributed by atoms with E-state index in [0.717, 1.165) is 16.7 Å². The van der Waals surface area contributed by atoms with Crippen LogP contribution in [0.1, 0.15) is 33.0 Å². The summed E-state index contributed by atoms with van der Waals surface area (Å²) in [4.78, 5) is 34.8. The van der Waals surface area contributed by atoms with Gasteiger partial charge in [0.25, 0.3) is 11.8 Å². The van der Waals surface area contributed by atoms with Crippen LogP contribution in [0.25, 0.3) is 11.1 Å². The van der Waals surface area contributed by atoms with Gasteiger partial charge in [-0.15, -0.1) is 0 Å². The van der Waals surface area contributed by atoms with Gasteiger partial charge in [0.1, 0.15) is 5.69 Å². The number of aliphatic carboxylic acids is 1. The second-order valence-electron chi connectivity index (χ2n) is 7.06. The zero-order valence-corrected chi connectivity index (χ0v) is 16.5. The third-order valence-electron chi connectivity index (χ3n) is 4.75. The molecule has 3 aromatic rings. The molecule has 3 rings (SSSR count). The van der Waals surface area contributed by atoms with Gasteiger partial charge in [-0.1, -0.05) is 54.6 Å². The molecule has 160 valence electrons. The molecule has 1 heterocycles. The molecule has 1 aromatic heterocycles. The monoisotopic (exact) mass is 422 g/mol. The molecular weight excluding hydrogens is 400 g/mol. The fraction of sp³-hybridized carbons (Fsp3) is 0.182. The van der Waals surface area contributed by atoms with E-state index in [0.29, 0.717) is 6.42 Å². The molecule has 0 bridgehead atoms. The van der Waals surface area contributed by atoms with Crippen molar-refractivity contribution < 1.29 is 24.6 Å². The van der Waals surface area contributed by atoms with E-state index in [2.05, 4.69) is 15.5 Å². The molecule has 0 aliphatic heterocycles. The lowest BCUT2D eigenvalue weighted by atomic mass is 9.97. The summed E-state index contributed by atoms with van der Waals surface area (Å²) in [5.74, 6) is -2.76. The van der Waals surface area contributed by atoms with Crippen molar-refractivity contribution in [3.05, 3.63) is 77.6 Å². The van der Waals surface area contributed by atoms with E-state index in [1.165, 1.54) is 6.07 Å². The number of aromatic nitrogens is 2. The van der Waals surface area contributed by atoms with Gasteiger partial charge >= 0.3 is 5.97 Å². The van der Waals surface area contributed by atoms with E-state index in [1.807, 2.05) is 54.6 Å². The molecule has 0 aliphatic carbocycles. The molecule has 9 nitrogen and oxygen atoms in total.